The van der Waals surface area contributed by atoms with Crippen LogP contribution in [0.15, 0.2) is 66.0 Å². The monoisotopic (exact) mass is 436 g/mol. The lowest BCUT2D eigenvalue weighted by atomic mass is 10.1. The van der Waals surface area contributed by atoms with E-state index in [4.69, 9.17) is 0 Å². The number of nitrogens with one attached hydrogen (secondary N) is 3. The van der Waals surface area contributed by atoms with E-state index in [1.54, 1.807) is 24.3 Å². The molecule has 0 aliphatic carbocycles. The van der Waals surface area contributed by atoms with Crippen molar-refractivity contribution in [2.45, 2.75) is 25.3 Å². The normalized spacial score (nSPS) is 11.4. The topological polar surface area (TPSA) is 100 Å². The van der Waals surface area contributed by atoms with Crippen LogP contribution < -0.4 is 16.0 Å². The van der Waals surface area contributed by atoms with Crippen molar-refractivity contribution >= 4 is 34.7 Å². The third-order valence-electron chi connectivity index (χ3n) is 4.61. The third-order valence-corrected chi connectivity index (χ3v) is 5.37. The molecule has 3 rings (SSSR count). The molecule has 0 saturated carbocycles. The lowest BCUT2D eigenvalue weighted by Gasteiger charge is -2.18. The average Bonchev–Trinajstić information content (AvgIpc) is 3.27. The number of unbranched alkanes of at least 4 members (excludes halogenated alkanes) is 1. The minimum atomic E-state index is -0.715. The van der Waals surface area contributed by atoms with Crippen molar-refractivity contribution in [1.82, 2.24) is 15.6 Å². The second-order valence-corrected chi connectivity index (χ2v) is 7.71. The summed E-state index contributed by atoms with van der Waals surface area (Å²) in [6, 6.07) is 17.8. The molecule has 3 N–H and O–H groups in total. The first-order valence-corrected chi connectivity index (χ1v) is 10.9. The Morgan fingerprint density at radius 2 is 1.71 bits per heavy atom. The lowest BCUT2D eigenvalue weighted by molar-refractivity contribution is -0.118. The highest BCUT2D eigenvalue weighted by atomic mass is 32.1. The molecule has 0 saturated heterocycles. The van der Waals surface area contributed by atoms with Crippen LogP contribution in [0.2, 0.25) is 0 Å². The number of benzene rings is 2. The molecule has 3 amide bonds. The van der Waals surface area contributed by atoms with E-state index in [2.05, 4.69) is 20.9 Å². The molecule has 7 nitrogen and oxygen atoms in total. The number of carbonyl (C=O) groups excluding carboxylic acids is 3. The van der Waals surface area contributed by atoms with E-state index in [1.807, 2.05) is 41.8 Å². The predicted molar refractivity (Wildman–Crippen MR) is 122 cm³/mol. The summed E-state index contributed by atoms with van der Waals surface area (Å²) in [5, 5.41) is 10.6. The molecule has 0 bridgehead atoms. The number of aromatic nitrogens is 1. The molecule has 160 valence electrons. The van der Waals surface area contributed by atoms with Crippen molar-refractivity contribution in [1.29, 1.82) is 0 Å². The number of anilines is 1. The summed E-state index contributed by atoms with van der Waals surface area (Å²) in [6.07, 6.45) is 2.47. The van der Waals surface area contributed by atoms with Gasteiger partial charge in [-0.15, -0.1) is 11.3 Å². The van der Waals surface area contributed by atoms with E-state index in [0.717, 1.165) is 11.3 Å². The molecule has 0 aliphatic rings. The van der Waals surface area contributed by atoms with Crippen LogP contribution in [0.5, 0.6) is 0 Å². The summed E-state index contributed by atoms with van der Waals surface area (Å²) in [4.78, 5) is 40.4. The summed E-state index contributed by atoms with van der Waals surface area (Å²) in [7, 11) is 0. The molecule has 1 heterocycles. The van der Waals surface area contributed by atoms with Crippen molar-refractivity contribution in [2.24, 2.45) is 0 Å². The third kappa shape index (κ3) is 6.75. The zero-order chi connectivity index (χ0) is 21.9. The number of hydrogen-bond donors (Lipinski definition) is 3. The Morgan fingerprint density at radius 3 is 2.42 bits per heavy atom. The van der Waals surface area contributed by atoms with Gasteiger partial charge in [0.15, 0.2) is 5.13 Å². The van der Waals surface area contributed by atoms with E-state index < -0.39 is 6.04 Å². The molecule has 1 atom stereocenters. The highest BCUT2D eigenvalue weighted by Crippen LogP contribution is 2.24. The number of nitrogens with zero attached hydrogens (tertiary/aromatic N) is 1. The standard InChI is InChI=1S/C23H24N4O3S/c28-16-24-14-8-7-13-19(25-21(29)18-11-5-2-6-12-18)22(30)27-23-26-20(15-31-23)17-9-3-1-4-10-17/h1-6,9-12,15-16,19H,7-8,13-14H2,(H,24,28)(H,25,29)(H,26,27,30)/t19-/m0/s1. The largest absolute Gasteiger partial charge is 0.359 e. The van der Waals surface area contributed by atoms with Crippen molar-refractivity contribution in [3.05, 3.63) is 71.6 Å². The van der Waals surface area contributed by atoms with E-state index in [0.29, 0.717) is 42.9 Å². The fourth-order valence-corrected chi connectivity index (χ4v) is 3.72. The van der Waals surface area contributed by atoms with Crippen LogP contribution in [-0.4, -0.2) is 35.8 Å². The van der Waals surface area contributed by atoms with Gasteiger partial charge in [0, 0.05) is 23.1 Å². The zero-order valence-corrected chi connectivity index (χ0v) is 17.7. The van der Waals surface area contributed by atoms with Gasteiger partial charge in [0.2, 0.25) is 12.3 Å². The molecule has 3 aromatic rings. The fraction of sp³-hybridized carbons (Fsp3) is 0.217. The molecular weight excluding hydrogens is 412 g/mol. The molecule has 0 radical (unpaired) electrons. The second kappa shape index (κ2) is 11.6. The maximum absolute atomic E-state index is 12.9. The van der Waals surface area contributed by atoms with Crippen LogP contribution in [0.4, 0.5) is 5.13 Å². The number of amides is 3. The Hall–Kier alpha value is -3.52. The van der Waals surface area contributed by atoms with Crippen molar-refractivity contribution in [2.75, 3.05) is 11.9 Å². The van der Waals surface area contributed by atoms with Crippen LogP contribution in [0.3, 0.4) is 0 Å². The van der Waals surface area contributed by atoms with Gasteiger partial charge in [-0.2, -0.15) is 0 Å². The van der Waals surface area contributed by atoms with Crippen molar-refractivity contribution < 1.29 is 14.4 Å². The Labute approximate surface area is 184 Å². The molecule has 0 fully saturated rings. The summed E-state index contributed by atoms with van der Waals surface area (Å²) >= 11 is 1.34. The molecule has 8 heteroatoms. The molecular formula is C23H24N4O3S. The Morgan fingerprint density at radius 1 is 1.00 bits per heavy atom. The molecule has 0 unspecified atom stereocenters. The summed E-state index contributed by atoms with van der Waals surface area (Å²) in [6.45, 7) is 0.525. The summed E-state index contributed by atoms with van der Waals surface area (Å²) < 4.78 is 0. The van der Waals surface area contributed by atoms with E-state index >= 15 is 0 Å². The molecule has 2 aromatic carbocycles. The van der Waals surface area contributed by atoms with Gasteiger partial charge in [-0.3, -0.25) is 14.4 Å². The fourth-order valence-electron chi connectivity index (χ4n) is 3.00. The van der Waals surface area contributed by atoms with Gasteiger partial charge < -0.3 is 16.0 Å². The maximum Gasteiger partial charge on any atom is 0.251 e. The van der Waals surface area contributed by atoms with Crippen LogP contribution >= 0.6 is 11.3 Å². The van der Waals surface area contributed by atoms with Crippen molar-refractivity contribution in [3.8, 4) is 11.3 Å². The van der Waals surface area contributed by atoms with Gasteiger partial charge in [0.25, 0.3) is 5.91 Å². The predicted octanol–water partition coefficient (Wildman–Crippen LogP) is 3.46. The van der Waals surface area contributed by atoms with Crippen LogP contribution in [-0.2, 0) is 9.59 Å². The highest BCUT2D eigenvalue weighted by molar-refractivity contribution is 7.14. The van der Waals surface area contributed by atoms with Gasteiger partial charge >= 0.3 is 0 Å². The molecule has 1 aromatic heterocycles. The first kappa shape index (κ1) is 22.2. The van der Waals surface area contributed by atoms with Crippen molar-refractivity contribution in [3.63, 3.8) is 0 Å². The molecule has 0 aliphatic heterocycles. The maximum atomic E-state index is 12.9. The molecule has 0 spiro atoms. The van der Waals surface area contributed by atoms with Gasteiger partial charge in [-0.05, 0) is 31.4 Å². The minimum Gasteiger partial charge on any atom is -0.359 e. The summed E-state index contributed by atoms with van der Waals surface area (Å²) in [5.74, 6) is -0.627. The Kier molecular flexibility index (Phi) is 8.30. The average molecular weight is 437 g/mol. The van der Waals surface area contributed by atoms with E-state index in [1.165, 1.54) is 11.3 Å². The zero-order valence-electron chi connectivity index (χ0n) is 16.9. The Balaban J connectivity index is 1.65. The van der Waals surface area contributed by atoms with Crippen LogP contribution in [0, 0.1) is 0 Å². The molecule has 31 heavy (non-hydrogen) atoms. The van der Waals surface area contributed by atoms with Crippen LogP contribution in [0.1, 0.15) is 29.6 Å². The van der Waals surface area contributed by atoms with Gasteiger partial charge in [-0.25, -0.2) is 4.98 Å². The highest BCUT2D eigenvalue weighted by Gasteiger charge is 2.22. The number of hydrogen-bond acceptors (Lipinski definition) is 5. The smallest absolute Gasteiger partial charge is 0.251 e. The quantitative estimate of drug-likeness (QED) is 0.317. The van der Waals surface area contributed by atoms with E-state index in [-0.39, 0.29) is 11.8 Å². The number of thiazole rings is 1. The SMILES string of the molecule is O=CNCCCC[C@H](NC(=O)c1ccccc1)C(=O)Nc1nc(-c2ccccc2)cs1. The van der Waals surface area contributed by atoms with Gasteiger partial charge in [0.05, 0.1) is 5.69 Å². The number of carbonyl (C=O) groups is 3. The van der Waals surface area contributed by atoms with Gasteiger partial charge in [0.1, 0.15) is 6.04 Å². The van der Waals surface area contributed by atoms with Gasteiger partial charge in [-0.1, -0.05) is 48.5 Å². The number of rotatable bonds is 11. The minimum absolute atomic E-state index is 0.309. The van der Waals surface area contributed by atoms with Crippen LogP contribution in [0.25, 0.3) is 11.3 Å². The first-order chi connectivity index (χ1) is 15.2. The summed E-state index contributed by atoms with van der Waals surface area (Å²) in [5.41, 5.74) is 2.24. The second-order valence-electron chi connectivity index (χ2n) is 6.85. The lowest BCUT2D eigenvalue weighted by Crippen LogP contribution is -2.43. The van der Waals surface area contributed by atoms with E-state index in [9.17, 15) is 14.4 Å². The Bertz CT molecular complexity index is 992. The first-order valence-electron chi connectivity index (χ1n) is 10.0.